The summed E-state index contributed by atoms with van der Waals surface area (Å²) < 4.78 is 16.9. The number of benzene rings is 1. The second-order valence-electron chi connectivity index (χ2n) is 5.28. The molecule has 2 N–H and O–H groups in total. The molecule has 0 saturated heterocycles. The van der Waals surface area contributed by atoms with E-state index in [9.17, 15) is 0 Å². The second-order valence-corrected chi connectivity index (χ2v) is 5.28. The first-order chi connectivity index (χ1) is 9.76. The third kappa shape index (κ3) is 3.87. The fourth-order valence-corrected chi connectivity index (χ4v) is 2.74. The van der Waals surface area contributed by atoms with E-state index in [0.717, 1.165) is 49.2 Å². The average Bonchev–Trinajstić information content (AvgIpc) is 2.49. The Balaban J connectivity index is 2.09. The van der Waals surface area contributed by atoms with E-state index >= 15 is 0 Å². The summed E-state index contributed by atoms with van der Waals surface area (Å²) in [5, 5.41) is 0. The number of methoxy groups -OCH3 is 2. The number of rotatable bonds is 6. The maximum Gasteiger partial charge on any atom is 0.126 e. The van der Waals surface area contributed by atoms with Crippen LogP contribution < -0.4 is 15.2 Å². The van der Waals surface area contributed by atoms with Gasteiger partial charge in [0.15, 0.2) is 0 Å². The van der Waals surface area contributed by atoms with E-state index in [1.165, 1.54) is 0 Å². The highest BCUT2D eigenvalue weighted by Crippen LogP contribution is 2.30. The van der Waals surface area contributed by atoms with Crippen molar-refractivity contribution in [3.63, 3.8) is 0 Å². The van der Waals surface area contributed by atoms with Gasteiger partial charge in [-0.2, -0.15) is 0 Å². The summed E-state index contributed by atoms with van der Waals surface area (Å²) in [5.74, 6) is 1.72. The third-order valence-corrected chi connectivity index (χ3v) is 3.89. The summed E-state index contributed by atoms with van der Waals surface area (Å²) in [4.78, 5) is 0. The Morgan fingerprint density at radius 1 is 1.20 bits per heavy atom. The van der Waals surface area contributed by atoms with E-state index in [1.54, 1.807) is 14.2 Å². The summed E-state index contributed by atoms with van der Waals surface area (Å²) in [6.07, 6.45) is 5.67. The predicted octanol–water partition coefficient (Wildman–Crippen LogP) is 2.53. The van der Waals surface area contributed by atoms with Crippen LogP contribution in [0.15, 0.2) is 18.2 Å². The Morgan fingerprint density at radius 3 is 2.70 bits per heavy atom. The van der Waals surface area contributed by atoms with Crippen LogP contribution in [-0.2, 0) is 11.2 Å². The van der Waals surface area contributed by atoms with E-state index in [-0.39, 0.29) is 6.10 Å². The van der Waals surface area contributed by atoms with Crippen LogP contribution in [0.2, 0.25) is 0 Å². The first-order valence-electron chi connectivity index (χ1n) is 7.33. The Labute approximate surface area is 121 Å². The zero-order chi connectivity index (χ0) is 14.4. The lowest BCUT2D eigenvalue weighted by atomic mass is 9.94. The molecule has 1 aliphatic rings. The van der Waals surface area contributed by atoms with E-state index in [1.807, 2.05) is 18.2 Å². The van der Waals surface area contributed by atoms with E-state index in [0.29, 0.717) is 12.6 Å². The highest BCUT2D eigenvalue weighted by atomic mass is 16.5. The number of hydrogen-bond acceptors (Lipinski definition) is 4. The van der Waals surface area contributed by atoms with E-state index < -0.39 is 0 Å². The maximum absolute atomic E-state index is 6.20. The molecule has 0 amide bonds. The summed E-state index contributed by atoms with van der Waals surface area (Å²) in [6, 6.07) is 5.95. The van der Waals surface area contributed by atoms with Gasteiger partial charge < -0.3 is 19.9 Å². The fourth-order valence-electron chi connectivity index (χ4n) is 2.74. The first-order valence-corrected chi connectivity index (χ1v) is 7.33. The lowest BCUT2D eigenvalue weighted by Crippen LogP contribution is -2.29. The largest absolute Gasteiger partial charge is 0.497 e. The summed E-state index contributed by atoms with van der Waals surface area (Å²) in [5.41, 5.74) is 6.82. The van der Waals surface area contributed by atoms with Crippen molar-refractivity contribution in [1.82, 2.24) is 0 Å². The van der Waals surface area contributed by atoms with Gasteiger partial charge >= 0.3 is 0 Å². The molecule has 20 heavy (non-hydrogen) atoms. The van der Waals surface area contributed by atoms with Crippen LogP contribution in [0.5, 0.6) is 11.5 Å². The molecule has 2 atom stereocenters. The van der Waals surface area contributed by atoms with Crippen molar-refractivity contribution in [1.29, 1.82) is 0 Å². The first kappa shape index (κ1) is 15.1. The summed E-state index contributed by atoms with van der Waals surface area (Å²) >= 11 is 0. The van der Waals surface area contributed by atoms with Crippen molar-refractivity contribution in [2.45, 2.75) is 44.3 Å². The van der Waals surface area contributed by atoms with Crippen molar-refractivity contribution >= 4 is 0 Å². The molecule has 0 heterocycles. The highest BCUT2D eigenvalue weighted by Gasteiger charge is 2.23. The molecule has 2 unspecified atom stereocenters. The van der Waals surface area contributed by atoms with Gasteiger partial charge in [0.1, 0.15) is 17.6 Å². The molecule has 1 aromatic rings. The molecule has 2 rings (SSSR count). The quantitative estimate of drug-likeness (QED) is 0.869. The molecule has 4 nitrogen and oxygen atoms in total. The van der Waals surface area contributed by atoms with Crippen LogP contribution in [0.25, 0.3) is 0 Å². The van der Waals surface area contributed by atoms with Gasteiger partial charge in [0.25, 0.3) is 0 Å². The minimum absolute atomic E-state index is 0.220. The van der Waals surface area contributed by atoms with Crippen molar-refractivity contribution in [3.05, 3.63) is 23.8 Å². The Bertz CT molecular complexity index is 422. The van der Waals surface area contributed by atoms with Gasteiger partial charge in [-0.15, -0.1) is 0 Å². The lowest BCUT2D eigenvalue weighted by molar-refractivity contribution is 0.0206. The van der Waals surface area contributed by atoms with Gasteiger partial charge in [0.05, 0.1) is 13.2 Å². The van der Waals surface area contributed by atoms with Crippen LogP contribution in [0, 0.1) is 0 Å². The Hall–Kier alpha value is -1.26. The predicted molar refractivity (Wildman–Crippen MR) is 79.4 cm³/mol. The van der Waals surface area contributed by atoms with Gasteiger partial charge in [-0.3, -0.25) is 0 Å². The number of hydrogen-bond donors (Lipinski definition) is 1. The minimum Gasteiger partial charge on any atom is -0.497 e. The van der Waals surface area contributed by atoms with Gasteiger partial charge in [-0.1, -0.05) is 6.07 Å². The molecule has 0 aliphatic heterocycles. The highest BCUT2D eigenvalue weighted by molar-refractivity contribution is 5.41. The molecule has 1 aromatic carbocycles. The SMILES string of the molecule is COc1ccc(CCN)c(OC2CCCC(OC)C2)c1. The van der Waals surface area contributed by atoms with Gasteiger partial charge in [0.2, 0.25) is 0 Å². The lowest BCUT2D eigenvalue weighted by Gasteiger charge is -2.29. The van der Waals surface area contributed by atoms with Crippen LogP contribution in [-0.4, -0.2) is 33.0 Å². The van der Waals surface area contributed by atoms with Crippen molar-refractivity contribution in [2.75, 3.05) is 20.8 Å². The Morgan fingerprint density at radius 2 is 2.00 bits per heavy atom. The summed E-state index contributed by atoms with van der Waals surface area (Å²) in [7, 11) is 3.45. The zero-order valence-corrected chi connectivity index (χ0v) is 12.4. The van der Waals surface area contributed by atoms with Gasteiger partial charge in [-0.25, -0.2) is 0 Å². The standard InChI is InChI=1S/C16H25NO3/c1-18-13-4-3-5-15(10-13)20-16-11-14(19-2)7-6-12(16)8-9-17/h6-7,11,13,15H,3-5,8-10,17H2,1-2H3. The van der Waals surface area contributed by atoms with Crippen molar-refractivity contribution in [2.24, 2.45) is 5.73 Å². The van der Waals surface area contributed by atoms with Crippen molar-refractivity contribution < 1.29 is 14.2 Å². The maximum atomic E-state index is 6.20. The van der Waals surface area contributed by atoms with Crippen LogP contribution in [0.1, 0.15) is 31.2 Å². The topological polar surface area (TPSA) is 53.7 Å². The van der Waals surface area contributed by atoms with Crippen LogP contribution in [0.4, 0.5) is 0 Å². The average molecular weight is 279 g/mol. The second kappa shape index (κ2) is 7.50. The van der Waals surface area contributed by atoms with Crippen LogP contribution in [0.3, 0.4) is 0 Å². The molecule has 112 valence electrons. The molecular formula is C16H25NO3. The van der Waals surface area contributed by atoms with Crippen molar-refractivity contribution in [3.8, 4) is 11.5 Å². The Kier molecular flexibility index (Phi) is 5.68. The third-order valence-electron chi connectivity index (χ3n) is 3.89. The normalized spacial score (nSPS) is 22.6. The molecule has 0 radical (unpaired) electrons. The summed E-state index contributed by atoms with van der Waals surface area (Å²) in [6.45, 7) is 0.619. The molecular weight excluding hydrogens is 254 g/mol. The smallest absolute Gasteiger partial charge is 0.126 e. The molecule has 0 aromatic heterocycles. The molecule has 1 fully saturated rings. The monoisotopic (exact) mass is 279 g/mol. The number of nitrogens with two attached hydrogens (primary N) is 1. The molecule has 1 aliphatic carbocycles. The van der Waals surface area contributed by atoms with Crippen LogP contribution >= 0.6 is 0 Å². The van der Waals surface area contributed by atoms with E-state index in [4.69, 9.17) is 19.9 Å². The molecule has 1 saturated carbocycles. The fraction of sp³-hybridized carbons (Fsp3) is 0.625. The van der Waals surface area contributed by atoms with Gasteiger partial charge in [0, 0.05) is 19.6 Å². The molecule has 0 spiro atoms. The zero-order valence-electron chi connectivity index (χ0n) is 12.4. The molecule has 0 bridgehead atoms. The molecule has 4 heteroatoms. The minimum atomic E-state index is 0.220. The van der Waals surface area contributed by atoms with Gasteiger partial charge in [-0.05, 0) is 43.9 Å². The van der Waals surface area contributed by atoms with E-state index in [2.05, 4.69) is 0 Å². The number of ether oxygens (including phenoxy) is 3.